The molecule has 1 fully saturated rings. The van der Waals surface area contributed by atoms with E-state index in [9.17, 15) is 0 Å². The SMILES string of the molecule is CCCCCCC1=Cc2c(-c3ccc(C4CCCCC4)cc3)cccc2[CH]1[Zr]([Cl])([Cl])([CH]1C=Cc2c(-c3ccc(C(C)(C)C)cc3)cccc21)[SiH](C)C. The van der Waals surface area contributed by atoms with E-state index in [0.717, 1.165) is 6.42 Å². The van der Waals surface area contributed by atoms with Gasteiger partial charge in [0.2, 0.25) is 0 Å². The van der Waals surface area contributed by atoms with Gasteiger partial charge in [-0.05, 0) is 0 Å². The Morgan fingerprint density at radius 3 is 1.94 bits per heavy atom. The van der Waals surface area contributed by atoms with E-state index < -0.39 is 21.5 Å². The van der Waals surface area contributed by atoms with Gasteiger partial charge < -0.3 is 0 Å². The van der Waals surface area contributed by atoms with Crippen molar-refractivity contribution in [3.63, 3.8) is 0 Å². The van der Waals surface area contributed by atoms with E-state index in [4.69, 9.17) is 17.0 Å². The second-order valence-electron chi connectivity index (χ2n) is 17.6. The van der Waals surface area contributed by atoms with E-state index in [0.29, 0.717) is 5.92 Å². The monoisotopic (exact) mass is 823 g/mol. The van der Waals surface area contributed by atoms with Crippen molar-refractivity contribution in [2.45, 2.75) is 124 Å². The maximum absolute atomic E-state index is 8.65. The molecule has 0 radical (unpaired) electrons. The van der Waals surface area contributed by atoms with Gasteiger partial charge in [0.15, 0.2) is 0 Å². The van der Waals surface area contributed by atoms with Crippen LogP contribution in [0.5, 0.6) is 0 Å². The Kier molecular flexibility index (Phi) is 11.3. The van der Waals surface area contributed by atoms with E-state index >= 15 is 0 Å². The summed E-state index contributed by atoms with van der Waals surface area (Å²) >= 11 is -4.77. The van der Waals surface area contributed by atoms with Crippen LogP contribution in [0.2, 0.25) is 13.1 Å². The molecule has 273 valence electrons. The molecule has 0 aromatic heterocycles. The second kappa shape index (κ2) is 15.3. The van der Waals surface area contributed by atoms with Gasteiger partial charge in [-0.15, -0.1) is 0 Å². The van der Waals surface area contributed by atoms with Crippen LogP contribution in [0.4, 0.5) is 0 Å². The van der Waals surface area contributed by atoms with Crippen LogP contribution in [0.3, 0.4) is 0 Å². The number of benzene rings is 4. The van der Waals surface area contributed by atoms with Gasteiger partial charge in [-0.3, -0.25) is 0 Å². The molecule has 3 aliphatic rings. The number of hydrogen-bond acceptors (Lipinski definition) is 0. The first-order valence-corrected chi connectivity index (χ1v) is 36.7. The Hall–Kier alpha value is -1.96. The number of hydrogen-bond donors (Lipinski definition) is 0. The average molecular weight is 826 g/mol. The molecular formula is C48H59Cl2SiZr. The summed E-state index contributed by atoms with van der Waals surface area (Å²) in [5.41, 5.74) is 15.1. The summed E-state index contributed by atoms with van der Waals surface area (Å²) in [6.07, 6.45) is 20.2. The average Bonchev–Trinajstić information content (AvgIpc) is 3.77. The first-order valence-electron chi connectivity index (χ1n) is 20.3. The third-order valence-corrected chi connectivity index (χ3v) is 65.0. The molecule has 2 atom stereocenters. The molecule has 0 heterocycles. The quantitative estimate of drug-likeness (QED) is 0.104. The summed E-state index contributed by atoms with van der Waals surface area (Å²) in [7, 11) is 17.3. The third-order valence-electron chi connectivity index (χ3n) is 13.0. The van der Waals surface area contributed by atoms with Gasteiger partial charge in [0, 0.05) is 0 Å². The zero-order valence-electron chi connectivity index (χ0n) is 32.5. The fourth-order valence-corrected chi connectivity index (χ4v) is 39.2. The van der Waals surface area contributed by atoms with Crippen molar-refractivity contribution in [1.82, 2.24) is 0 Å². The molecule has 0 saturated heterocycles. The summed E-state index contributed by atoms with van der Waals surface area (Å²) < 4.78 is 0.221. The van der Waals surface area contributed by atoms with Crippen LogP contribution in [0, 0.1) is 0 Å². The summed E-state index contributed by atoms with van der Waals surface area (Å²) in [5, 5.41) is 0. The van der Waals surface area contributed by atoms with Crippen molar-refractivity contribution < 1.29 is 15.6 Å². The molecule has 0 N–H and O–H groups in total. The molecule has 4 heteroatoms. The summed E-state index contributed by atoms with van der Waals surface area (Å²) in [4.78, 5) is 0. The minimum atomic E-state index is -4.77. The van der Waals surface area contributed by atoms with Crippen molar-refractivity contribution in [1.29, 1.82) is 0 Å². The Morgan fingerprint density at radius 2 is 1.33 bits per heavy atom. The first-order chi connectivity index (χ1) is 24.9. The Labute approximate surface area is 323 Å². The summed E-state index contributed by atoms with van der Waals surface area (Å²) in [6, 6.07) is 32.7. The molecule has 4 aromatic carbocycles. The standard InChI is InChI=1S/C27H33.C19H19.C2H7Si.2ClH.Zr/c1-2-3-4-6-10-21-19-25-13-9-14-26(27(25)20-21)24-17-15-23(16-18-24)22-11-7-5-8-12-22;1-19(2,3)16-12-10-15(11-13-16)18-9-5-7-14-6-4-8-17(14)18;1-3-2;;;/h9,13-20,22H,2-8,10-12H2,1H3;4-13H,1-3H3;3H,1-2H3;2*1H;/q;;;;;+2/p-2. The van der Waals surface area contributed by atoms with E-state index in [2.05, 4.69) is 144 Å². The van der Waals surface area contributed by atoms with Crippen molar-refractivity contribution in [2.75, 3.05) is 0 Å². The number of allylic oxidation sites excluding steroid dienone is 2. The Bertz CT molecular complexity index is 1960. The predicted octanol–water partition coefficient (Wildman–Crippen LogP) is 15.5. The molecule has 3 aliphatic carbocycles. The van der Waals surface area contributed by atoms with E-state index in [1.165, 1.54) is 119 Å². The molecule has 4 aromatic rings. The number of halogens is 2. The van der Waals surface area contributed by atoms with Crippen molar-refractivity contribution in [3.05, 3.63) is 130 Å². The van der Waals surface area contributed by atoms with E-state index in [-0.39, 0.29) is 12.7 Å². The molecule has 2 unspecified atom stereocenters. The molecule has 0 aliphatic heterocycles. The van der Waals surface area contributed by atoms with Crippen LogP contribution in [-0.4, -0.2) is 5.92 Å². The van der Waals surface area contributed by atoms with Gasteiger partial charge >= 0.3 is 326 Å². The van der Waals surface area contributed by atoms with Gasteiger partial charge in [0.1, 0.15) is 0 Å². The van der Waals surface area contributed by atoms with Gasteiger partial charge in [-0.1, -0.05) is 0 Å². The van der Waals surface area contributed by atoms with Gasteiger partial charge in [0.25, 0.3) is 0 Å². The molecule has 52 heavy (non-hydrogen) atoms. The fourth-order valence-electron chi connectivity index (χ4n) is 9.80. The van der Waals surface area contributed by atoms with E-state index in [1.54, 1.807) is 0 Å². The van der Waals surface area contributed by atoms with Crippen molar-refractivity contribution >= 4 is 35.1 Å². The van der Waals surface area contributed by atoms with Crippen LogP contribution in [-0.2, 0) is 21.0 Å². The van der Waals surface area contributed by atoms with Crippen LogP contribution >= 0.6 is 17.0 Å². The van der Waals surface area contributed by atoms with Crippen LogP contribution in [0.15, 0.2) is 96.6 Å². The summed E-state index contributed by atoms with van der Waals surface area (Å²) in [5.74, 6) is -0.890. The Morgan fingerprint density at radius 1 is 0.712 bits per heavy atom. The van der Waals surface area contributed by atoms with Crippen LogP contribution < -0.4 is 0 Å². The van der Waals surface area contributed by atoms with Gasteiger partial charge in [-0.2, -0.15) is 0 Å². The van der Waals surface area contributed by atoms with Crippen molar-refractivity contribution in [3.8, 4) is 22.3 Å². The molecule has 0 spiro atoms. The number of rotatable bonds is 11. The molecular weight excluding hydrogens is 767 g/mol. The number of fused-ring (bicyclic) bond motifs is 2. The molecule has 0 bridgehead atoms. The zero-order valence-corrected chi connectivity index (χ0v) is 37.6. The second-order valence-corrected chi connectivity index (χ2v) is 60.2. The van der Waals surface area contributed by atoms with Gasteiger partial charge in [0.05, 0.1) is 0 Å². The molecule has 7 rings (SSSR count). The molecule has 0 nitrogen and oxygen atoms in total. The predicted molar refractivity (Wildman–Crippen MR) is 230 cm³/mol. The van der Waals surface area contributed by atoms with Crippen LogP contribution in [0.25, 0.3) is 34.4 Å². The van der Waals surface area contributed by atoms with Crippen molar-refractivity contribution in [2.24, 2.45) is 0 Å². The minimum absolute atomic E-state index is 0.0914. The topological polar surface area (TPSA) is 0 Å². The van der Waals surface area contributed by atoms with E-state index in [1.807, 2.05) is 0 Å². The number of unbranched alkanes of at least 4 members (excludes halogenated alkanes) is 3. The van der Waals surface area contributed by atoms with Crippen LogP contribution in [0.1, 0.15) is 138 Å². The Balaban J connectivity index is 1.31. The fraction of sp³-hybridized carbons (Fsp3) is 0.417. The maximum atomic E-state index is 8.65. The summed E-state index contributed by atoms with van der Waals surface area (Å²) in [6.45, 7) is 14.1. The molecule has 0 amide bonds. The van der Waals surface area contributed by atoms with Gasteiger partial charge in [-0.25, -0.2) is 0 Å². The third kappa shape index (κ3) is 7.02. The first kappa shape index (κ1) is 38.3. The molecule has 1 saturated carbocycles. The normalized spacial score (nSPS) is 19.7. The zero-order chi connectivity index (χ0) is 36.7.